The predicted molar refractivity (Wildman–Crippen MR) is 92.4 cm³/mol. The van der Waals surface area contributed by atoms with Crippen molar-refractivity contribution in [1.82, 2.24) is 5.32 Å². The predicted octanol–water partition coefficient (Wildman–Crippen LogP) is 3.50. The second-order valence-electron chi connectivity index (χ2n) is 5.97. The number of carbonyl (C=O) groups is 1. The van der Waals surface area contributed by atoms with E-state index in [0.29, 0.717) is 18.5 Å². The van der Waals surface area contributed by atoms with E-state index in [1.165, 1.54) is 15.3 Å². The van der Waals surface area contributed by atoms with Gasteiger partial charge in [-0.3, -0.25) is 4.79 Å². The fourth-order valence-electron chi connectivity index (χ4n) is 2.93. The van der Waals surface area contributed by atoms with Crippen molar-refractivity contribution in [3.63, 3.8) is 0 Å². The Morgan fingerprint density at radius 1 is 1.33 bits per heavy atom. The highest BCUT2D eigenvalue weighted by molar-refractivity contribution is 7.12. The molecule has 1 saturated carbocycles. The Morgan fingerprint density at radius 2 is 2.00 bits per heavy atom. The summed E-state index contributed by atoms with van der Waals surface area (Å²) in [5.41, 5.74) is 7.28. The molecule has 3 N–H and O–H groups in total. The van der Waals surface area contributed by atoms with Gasteiger partial charge in [-0.05, 0) is 64.0 Å². The molecule has 0 radical (unpaired) electrons. The van der Waals surface area contributed by atoms with Gasteiger partial charge in [0.2, 0.25) is 5.91 Å². The van der Waals surface area contributed by atoms with Crippen LogP contribution in [0.25, 0.3) is 0 Å². The third-order valence-corrected chi connectivity index (χ3v) is 5.14. The van der Waals surface area contributed by atoms with Crippen LogP contribution in [0.4, 0.5) is 0 Å². The van der Waals surface area contributed by atoms with E-state index < -0.39 is 0 Å². The minimum absolute atomic E-state index is 0. The van der Waals surface area contributed by atoms with Crippen molar-refractivity contribution in [2.24, 2.45) is 5.73 Å². The Hall–Kier alpha value is -0.580. The van der Waals surface area contributed by atoms with Crippen LogP contribution in [-0.4, -0.2) is 18.0 Å². The third kappa shape index (κ3) is 5.97. The van der Waals surface area contributed by atoms with Crippen LogP contribution in [-0.2, 0) is 11.2 Å². The quantitative estimate of drug-likeness (QED) is 0.868. The lowest BCUT2D eigenvalue weighted by Crippen LogP contribution is -2.40. The summed E-state index contributed by atoms with van der Waals surface area (Å²) >= 11 is 1.84. The smallest absolute Gasteiger partial charge is 0.220 e. The minimum atomic E-state index is 0. The first-order valence-electron chi connectivity index (χ1n) is 7.65. The number of thiophene rings is 1. The first-order chi connectivity index (χ1) is 9.54. The summed E-state index contributed by atoms with van der Waals surface area (Å²) in [5.74, 6) is 0.204. The highest BCUT2D eigenvalue weighted by Gasteiger charge is 2.19. The van der Waals surface area contributed by atoms with E-state index in [1.807, 2.05) is 11.3 Å². The van der Waals surface area contributed by atoms with Crippen molar-refractivity contribution in [3.8, 4) is 0 Å². The topological polar surface area (TPSA) is 55.1 Å². The van der Waals surface area contributed by atoms with E-state index in [0.717, 1.165) is 38.5 Å². The van der Waals surface area contributed by atoms with Crippen LogP contribution in [0, 0.1) is 13.8 Å². The minimum Gasteiger partial charge on any atom is -0.353 e. The van der Waals surface area contributed by atoms with Gasteiger partial charge in [0.1, 0.15) is 0 Å². The lowest BCUT2D eigenvalue weighted by atomic mass is 9.92. The molecule has 0 aliphatic heterocycles. The Labute approximate surface area is 138 Å². The van der Waals surface area contributed by atoms with E-state index in [9.17, 15) is 4.79 Å². The average molecular weight is 331 g/mol. The molecule has 1 aromatic heterocycles. The van der Waals surface area contributed by atoms with Crippen molar-refractivity contribution < 1.29 is 4.79 Å². The normalized spacial score (nSPS) is 21.7. The summed E-state index contributed by atoms with van der Waals surface area (Å²) in [4.78, 5) is 14.7. The number of amides is 1. The first-order valence-corrected chi connectivity index (χ1v) is 8.47. The molecule has 3 nitrogen and oxygen atoms in total. The van der Waals surface area contributed by atoms with Crippen LogP contribution in [0.5, 0.6) is 0 Å². The number of aryl methyl sites for hydroxylation is 3. The SMILES string of the molecule is Cc1cc(CCCC(=O)NC2CCC(N)CC2)c(C)s1.Cl. The third-order valence-electron chi connectivity index (χ3n) is 4.13. The molecule has 1 amide bonds. The summed E-state index contributed by atoms with van der Waals surface area (Å²) in [7, 11) is 0. The van der Waals surface area contributed by atoms with Crippen LogP contribution in [0.15, 0.2) is 6.07 Å². The van der Waals surface area contributed by atoms with Crippen LogP contribution < -0.4 is 11.1 Å². The molecule has 0 bridgehead atoms. The van der Waals surface area contributed by atoms with Gasteiger partial charge in [0, 0.05) is 28.3 Å². The zero-order valence-electron chi connectivity index (χ0n) is 13.0. The van der Waals surface area contributed by atoms with Gasteiger partial charge in [-0.2, -0.15) is 0 Å². The molecule has 5 heteroatoms. The molecule has 2 rings (SSSR count). The van der Waals surface area contributed by atoms with E-state index in [4.69, 9.17) is 5.73 Å². The van der Waals surface area contributed by atoms with Gasteiger partial charge < -0.3 is 11.1 Å². The second-order valence-corrected chi connectivity index (χ2v) is 7.43. The van der Waals surface area contributed by atoms with Crippen LogP contribution >= 0.6 is 23.7 Å². The molecular formula is C16H27ClN2OS. The van der Waals surface area contributed by atoms with Crippen molar-refractivity contribution in [2.75, 3.05) is 0 Å². The van der Waals surface area contributed by atoms with Gasteiger partial charge in [-0.15, -0.1) is 23.7 Å². The van der Waals surface area contributed by atoms with Gasteiger partial charge in [-0.1, -0.05) is 0 Å². The maximum atomic E-state index is 11.9. The molecule has 0 spiro atoms. The number of rotatable bonds is 5. The number of carbonyl (C=O) groups excluding carboxylic acids is 1. The number of nitrogens with one attached hydrogen (secondary N) is 1. The summed E-state index contributed by atoms with van der Waals surface area (Å²) in [5, 5.41) is 3.15. The van der Waals surface area contributed by atoms with E-state index in [-0.39, 0.29) is 18.3 Å². The maximum absolute atomic E-state index is 11.9. The van der Waals surface area contributed by atoms with E-state index >= 15 is 0 Å². The van der Waals surface area contributed by atoms with Gasteiger partial charge in [-0.25, -0.2) is 0 Å². The summed E-state index contributed by atoms with van der Waals surface area (Å²) in [6.07, 6.45) is 6.74. The molecule has 1 aromatic rings. The van der Waals surface area contributed by atoms with Gasteiger partial charge in [0.25, 0.3) is 0 Å². The van der Waals surface area contributed by atoms with Crippen LogP contribution in [0.1, 0.15) is 53.8 Å². The van der Waals surface area contributed by atoms with Crippen molar-refractivity contribution >= 4 is 29.7 Å². The van der Waals surface area contributed by atoms with E-state index in [2.05, 4.69) is 25.2 Å². The maximum Gasteiger partial charge on any atom is 0.220 e. The fraction of sp³-hybridized carbons (Fsp3) is 0.688. The fourth-order valence-corrected chi connectivity index (χ4v) is 3.91. The Kier molecular flexibility index (Phi) is 7.71. The number of hydrogen-bond donors (Lipinski definition) is 2. The highest BCUT2D eigenvalue weighted by Crippen LogP contribution is 2.22. The van der Waals surface area contributed by atoms with Crippen LogP contribution in [0.3, 0.4) is 0 Å². The monoisotopic (exact) mass is 330 g/mol. The molecular weight excluding hydrogens is 304 g/mol. The molecule has 0 aromatic carbocycles. The molecule has 0 atom stereocenters. The molecule has 1 aliphatic carbocycles. The number of nitrogens with two attached hydrogens (primary N) is 1. The molecule has 1 fully saturated rings. The van der Waals surface area contributed by atoms with E-state index in [1.54, 1.807) is 0 Å². The Bertz CT molecular complexity index is 453. The molecule has 1 aliphatic rings. The number of hydrogen-bond acceptors (Lipinski definition) is 3. The highest BCUT2D eigenvalue weighted by atomic mass is 35.5. The molecule has 0 unspecified atom stereocenters. The standard InChI is InChI=1S/C16H26N2OS.ClH/c1-11-10-13(12(2)20-11)4-3-5-16(19)18-15-8-6-14(17)7-9-15;/h10,14-15H,3-9,17H2,1-2H3,(H,18,19);1H. The lowest BCUT2D eigenvalue weighted by molar-refractivity contribution is -0.122. The molecule has 0 saturated heterocycles. The second kappa shape index (κ2) is 8.76. The average Bonchev–Trinajstić information content (AvgIpc) is 2.71. The van der Waals surface area contributed by atoms with Crippen molar-refractivity contribution in [1.29, 1.82) is 0 Å². The lowest BCUT2D eigenvalue weighted by Gasteiger charge is -2.26. The zero-order chi connectivity index (χ0) is 14.5. The number of halogens is 1. The Balaban J connectivity index is 0.00000220. The summed E-state index contributed by atoms with van der Waals surface area (Å²) < 4.78 is 0. The summed E-state index contributed by atoms with van der Waals surface area (Å²) in [6.45, 7) is 4.31. The Morgan fingerprint density at radius 3 is 2.57 bits per heavy atom. The van der Waals surface area contributed by atoms with Gasteiger partial charge in [0.15, 0.2) is 0 Å². The molecule has 21 heavy (non-hydrogen) atoms. The van der Waals surface area contributed by atoms with Gasteiger partial charge >= 0.3 is 0 Å². The largest absolute Gasteiger partial charge is 0.353 e. The first kappa shape index (κ1) is 18.5. The van der Waals surface area contributed by atoms with Crippen molar-refractivity contribution in [3.05, 3.63) is 21.4 Å². The van der Waals surface area contributed by atoms with Gasteiger partial charge in [0.05, 0.1) is 0 Å². The zero-order valence-corrected chi connectivity index (χ0v) is 14.6. The molecule has 120 valence electrons. The van der Waals surface area contributed by atoms with Crippen molar-refractivity contribution in [2.45, 2.75) is 70.9 Å². The molecule has 1 heterocycles. The van der Waals surface area contributed by atoms with Crippen LogP contribution in [0.2, 0.25) is 0 Å². The summed E-state index contributed by atoms with van der Waals surface area (Å²) in [6, 6.07) is 2.95.